The van der Waals surface area contributed by atoms with Gasteiger partial charge in [-0.3, -0.25) is 4.90 Å². The zero-order valence-electron chi connectivity index (χ0n) is 15.1. The van der Waals surface area contributed by atoms with Gasteiger partial charge in [0.05, 0.1) is 6.20 Å². The first-order valence-corrected chi connectivity index (χ1v) is 8.78. The van der Waals surface area contributed by atoms with E-state index in [4.69, 9.17) is 0 Å². The fourth-order valence-corrected chi connectivity index (χ4v) is 3.29. The smallest absolute Gasteiger partial charge is 0.157 e. The maximum absolute atomic E-state index is 9.46. The van der Waals surface area contributed by atoms with Gasteiger partial charge in [-0.2, -0.15) is 5.10 Å². The van der Waals surface area contributed by atoms with Crippen molar-refractivity contribution >= 4 is 11.0 Å². The number of aromatic nitrogens is 3. The minimum absolute atomic E-state index is 0.169. The summed E-state index contributed by atoms with van der Waals surface area (Å²) in [6.45, 7) is 5.15. The zero-order valence-corrected chi connectivity index (χ0v) is 15.1. The van der Waals surface area contributed by atoms with E-state index in [-0.39, 0.29) is 12.6 Å². The maximum Gasteiger partial charge on any atom is 0.157 e. The number of benzene rings is 1. The molecule has 0 spiro atoms. The highest BCUT2D eigenvalue weighted by molar-refractivity contribution is 5.75. The first kappa shape index (κ1) is 17.6. The van der Waals surface area contributed by atoms with Crippen LogP contribution in [0.15, 0.2) is 48.8 Å². The molecule has 0 aliphatic rings. The standard InChI is InChI=1S/C20H26N4O/c1-15(2)24-20-18(13-22-24)11-16(12-21-20)14-23(3)19(9-10-25)17-7-5-4-6-8-17/h4-8,11-13,15,19,25H,9-10,14H2,1-3H3. The molecule has 0 fully saturated rings. The van der Waals surface area contributed by atoms with Gasteiger partial charge in [0.2, 0.25) is 0 Å². The van der Waals surface area contributed by atoms with Crippen LogP contribution in [-0.4, -0.2) is 38.4 Å². The zero-order chi connectivity index (χ0) is 17.8. The lowest BCUT2D eigenvalue weighted by atomic mass is 10.0. The van der Waals surface area contributed by atoms with E-state index in [1.54, 1.807) is 0 Å². The van der Waals surface area contributed by atoms with Crippen LogP contribution in [0.3, 0.4) is 0 Å². The van der Waals surface area contributed by atoms with Gasteiger partial charge in [-0.15, -0.1) is 0 Å². The molecule has 1 aromatic carbocycles. The van der Waals surface area contributed by atoms with Crippen LogP contribution in [0.1, 0.15) is 43.5 Å². The van der Waals surface area contributed by atoms with Crippen LogP contribution < -0.4 is 0 Å². The molecule has 1 unspecified atom stereocenters. The van der Waals surface area contributed by atoms with Crippen molar-refractivity contribution in [2.45, 2.75) is 38.9 Å². The van der Waals surface area contributed by atoms with E-state index >= 15 is 0 Å². The SMILES string of the molecule is CC(C)n1ncc2cc(CN(C)C(CCO)c3ccccc3)cnc21. The summed E-state index contributed by atoms with van der Waals surface area (Å²) in [6, 6.07) is 13.0. The molecular formula is C20H26N4O. The quantitative estimate of drug-likeness (QED) is 0.715. The molecule has 132 valence electrons. The molecule has 5 heteroatoms. The van der Waals surface area contributed by atoms with E-state index in [9.17, 15) is 5.11 Å². The van der Waals surface area contributed by atoms with Crippen molar-refractivity contribution in [2.75, 3.05) is 13.7 Å². The van der Waals surface area contributed by atoms with E-state index in [0.717, 1.165) is 23.1 Å². The fourth-order valence-electron chi connectivity index (χ4n) is 3.29. The van der Waals surface area contributed by atoms with Crippen LogP contribution in [-0.2, 0) is 6.54 Å². The molecule has 0 amide bonds. The Morgan fingerprint density at radius 1 is 1.16 bits per heavy atom. The molecule has 0 bridgehead atoms. The van der Waals surface area contributed by atoms with Gasteiger partial charge in [-0.05, 0) is 44.5 Å². The summed E-state index contributed by atoms with van der Waals surface area (Å²) in [5.41, 5.74) is 3.30. The second kappa shape index (κ2) is 7.76. The highest BCUT2D eigenvalue weighted by Crippen LogP contribution is 2.25. The first-order chi connectivity index (χ1) is 12.1. The minimum atomic E-state index is 0.169. The average Bonchev–Trinajstić information content (AvgIpc) is 3.03. The second-order valence-electron chi connectivity index (χ2n) is 6.79. The summed E-state index contributed by atoms with van der Waals surface area (Å²) < 4.78 is 1.95. The first-order valence-electron chi connectivity index (χ1n) is 8.78. The van der Waals surface area contributed by atoms with Gasteiger partial charge in [-0.25, -0.2) is 9.67 Å². The molecule has 2 aromatic heterocycles. The van der Waals surface area contributed by atoms with Gasteiger partial charge in [0.25, 0.3) is 0 Å². The van der Waals surface area contributed by atoms with Crippen molar-refractivity contribution in [1.82, 2.24) is 19.7 Å². The highest BCUT2D eigenvalue weighted by atomic mass is 16.3. The average molecular weight is 338 g/mol. The van der Waals surface area contributed by atoms with Crippen molar-refractivity contribution in [3.05, 3.63) is 59.9 Å². The predicted molar refractivity (Wildman–Crippen MR) is 100 cm³/mol. The summed E-state index contributed by atoms with van der Waals surface area (Å²) in [4.78, 5) is 6.88. The number of aliphatic hydroxyl groups is 1. The molecule has 0 saturated carbocycles. The van der Waals surface area contributed by atoms with E-state index in [1.165, 1.54) is 5.56 Å². The molecule has 25 heavy (non-hydrogen) atoms. The molecule has 0 radical (unpaired) electrons. The van der Waals surface area contributed by atoms with E-state index in [2.05, 4.69) is 54.1 Å². The minimum Gasteiger partial charge on any atom is -0.396 e. The number of rotatable bonds is 7. The predicted octanol–water partition coefficient (Wildman–Crippen LogP) is 3.57. The molecule has 1 N–H and O–H groups in total. The summed E-state index contributed by atoms with van der Waals surface area (Å²) in [5, 5.41) is 15.0. The van der Waals surface area contributed by atoms with Gasteiger partial charge in [0.1, 0.15) is 0 Å². The third-order valence-corrected chi connectivity index (χ3v) is 4.53. The summed E-state index contributed by atoms with van der Waals surface area (Å²) in [5.74, 6) is 0. The largest absolute Gasteiger partial charge is 0.396 e. The van der Waals surface area contributed by atoms with Crippen LogP contribution in [0.4, 0.5) is 0 Å². The Morgan fingerprint density at radius 2 is 1.92 bits per heavy atom. The molecule has 3 aromatic rings. The van der Waals surface area contributed by atoms with Gasteiger partial charge >= 0.3 is 0 Å². The Hall–Kier alpha value is -2.24. The van der Waals surface area contributed by atoms with Gasteiger partial charge < -0.3 is 5.11 Å². The molecule has 0 saturated heterocycles. The number of aliphatic hydroxyl groups excluding tert-OH is 1. The van der Waals surface area contributed by atoms with E-state index in [1.807, 2.05) is 35.3 Å². The van der Waals surface area contributed by atoms with Gasteiger partial charge in [-0.1, -0.05) is 30.3 Å². The van der Waals surface area contributed by atoms with Crippen LogP contribution in [0.2, 0.25) is 0 Å². The molecule has 1 atom stereocenters. The fraction of sp³-hybridized carbons (Fsp3) is 0.400. The second-order valence-corrected chi connectivity index (χ2v) is 6.79. The van der Waals surface area contributed by atoms with Gasteiger partial charge in [0, 0.05) is 36.8 Å². The third-order valence-electron chi connectivity index (χ3n) is 4.53. The molecule has 2 heterocycles. The molecular weight excluding hydrogens is 312 g/mol. The number of hydrogen-bond acceptors (Lipinski definition) is 4. The van der Waals surface area contributed by atoms with Crippen LogP contribution in [0, 0.1) is 0 Å². The lowest BCUT2D eigenvalue weighted by Gasteiger charge is -2.28. The van der Waals surface area contributed by atoms with Crippen molar-refractivity contribution in [3.63, 3.8) is 0 Å². The van der Waals surface area contributed by atoms with Crippen molar-refractivity contribution in [1.29, 1.82) is 0 Å². The molecule has 0 aliphatic carbocycles. The Labute approximate surface area is 148 Å². The lowest BCUT2D eigenvalue weighted by molar-refractivity contribution is 0.180. The highest BCUT2D eigenvalue weighted by Gasteiger charge is 2.17. The lowest BCUT2D eigenvalue weighted by Crippen LogP contribution is -2.25. The normalized spacial score (nSPS) is 13.0. The number of fused-ring (bicyclic) bond motifs is 1. The third kappa shape index (κ3) is 3.89. The molecule has 5 nitrogen and oxygen atoms in total. The monoisotopic (exact) mass is 338 g/mol. The van der Waals surface area contributed by atoms with Crippen molar-refractivity contribution in [2.24, 2.45) is 0 Å². The van der Waals surface area contributed by atoms with Crippen molar-refractivity contribution < 1.29 is 5.11 Å². The van der Waals surface area contributed by atoms with Gasteiger partial charge in [0.15, 0.2) is 5.65 Å². The molecule has 3 rings (SSSR count). The summed E-state index contributed by atoms with van der Waals surface area (Å²) >= 11 is 0. The Balaban J connectivity index is 1.81. The Morgan fingerprint density at radius 3 is 2.60 bits per heavy atom. The van der Waals surface area contributed by atoms with Crippen LogP contribution >= 0.6 is 0 Å². The Bertz CT molecular complexity index is 813. The number of nitrogens with zero attached hydrogens (tertiary/aromatic N) is 4. The van der Waals surface area contributed by atoms with Crippen molar-refractivity contribution in [3.8, 4) is 0 Å². The van der Waals surface area contributed by atoms with E-state index in [0.29, 0.717) is 12.5 Å². The Kier molecular flexibility index (Phi) is 5.46. The number of hydrogen-bond donors (Lipinski definition) is 1. The topological polar surface area (TPSA) is 54.2 Å². The molecule has 0 aliphatic heterocycles. The summed E-state index contributed by atoms with van der Waals surface area (Å²) in [7, 11) is 2.09. The van der Waals surface area contributed by atoms with Crippen LogP contribution in [0.5, 0.6) is 0 Å². The summed E-state index contributed by atoms with van der Waals surface area (Å²) in [6.07, 6.45) is 4.52. The van der Waals surface area contributed by atoms with Crippen LogP contribution in [0.25, 0.3) is 11.0 Å². The van der Waals surface area contributed by atoms with E-state index < -0.39 is 0 Å². The maximum atomic E-state index is 9.46. The number of pyridine rings is 1.